The fraction of sp³-hybridized carbons (Fsp3) is 0.625. The van der Waals surface area contributed by atoms with E-state index in [-0.39, 0.29) is 18.1 Å². The summed E-state index contributed by atoms with van der Waals surface area (Å²) in [6.07, 6.45) is 1.72. The summed E-state index contributed by atoms with van der Waals surface area (Å²) in [5, 5.41) is 10.5. The molecule has 1 heterocycles. The third-order valence-corrected chi connectivity index (χ3v) is 3.64. The number of aliphatic hydroxyl groups excluding tert-OH is 1. The fourth-order valence-electron chi connectivity index (χ4n) is 2.74. The molecule has 3 unspecified atom stereocenters. The van der Waals surface area contributed by atoms with Crippen molar-refractivity contribution in [3.05, 3.63) is 29.8 Å². The first-order valence-corrected chi connectivity index (χ1v) is 7.18. The quantitative estimate of drug-likeness (QED) is 0.886. The first-order valence-electron chi connectivity index (χ1n) is 7.18. The highest BCUT2D eigenvalue weighted by atomic mass is 16.5. The summed E-state index contributed by atoms with van der Waals surface area (Å²) >= 11 is 0. The lowest BCUT2D eigenvalue weighted by Crippen LogP contribution is -2.22. The van der Waals surface area contributed by atoms with E-state index in [2.05, 4.69) is 6.92 Å². The van der Waals surface area contributed by atoms with Gasteiger partial charge in [-0.1, -0.05) is 19.1 Å². The Morgan fingerprint density at radius 3 is 2.89 bits per heavy atom. The largest absolute Gasteiger partial charge is 0.491 e. The van der Waals surface area contributed by atoms with E-state index in [1.807, 2.05) is 38.1 Å². The predicted molar refractivity (Wildman–Crippen MR) is 75.3 cm³/mol. The van der Waals surface area contributed by atoms with Crippen molar-refractivity contribution in [1.29, 1.82) is 0 Å². The van der Waals surface area contributed by atoms with Gasteiger partial charge in [0.2, 0.25) is 0 Å². The minimum Gasteiger partial charge on any atom is -0.491 e. The van der Waals surface area contributed by atoms with Crippen LogP contribution in [0.25, 0.3) is 0 Å². The zero-order valence-electron chi connectivity index (χ0n) is 12.0. The van der Waals surface area contributed by atoms with Crippen LogP contribution in [0.5, 0.6) is 5.75 Å². The molecule has 0 bridgehead atoms. The zero-order valence-corrected chi connectivity index (χ0v) is 12.0. The van der Waals surface area contributed by atoms with Gasteiger partial charge in [0.1, 0.15) is 5.75 Å². The molecule has 3 atom stereocenters. The summed E-state index contributed by atoms with van der Waals surface area (Å²) in [5.74, 6) is 1.01. The lowest BCUT2D eigenvalue weighted by molar-refractivity contribution is 0.0306. The molecule has 0 saturated carbocycles. The van der Waals surface area contributed by atoms with Gasteiger partial charge in [-0.25, -0.2) is 0 Å². The Balaban J connectivity index is 2.12. The second-order valence-electron chi connectivity index (χ2n) is 5.45. The van der Waals surface area contributed by atoms with Crippen molar-refractivity contribution in [3.8, 4) is 5.75 Å². The van der Waals surface area contributed by atoms with E-state index in [1.54, 1.807) is 0 Å². The maximum atomic E-state index is 10.5. The first-order chi connectivity index (χ1) is 9.11. The Kier molecular flexibility index (Phi) is 4.83. The molecule has 1 saturated heterocycles. The molecule has 1 aliphatic heterocycles. The number of benzene rings is 1. The number of rotatable bonds is 5. The van der Waals surface area contributed by atoms with Crippen LogP contribution >= 0.6 is 0 Å². The van der Waals surface area contributed by atoms with Gasteiger partial charge in [0.15, 0.2) is 0 Å². The summed E-state index contributed by atoms with van der Waals surface area (Å²) in [6.45, 7) is 6.86. The van der Waals surface area contributed by atoms with Gasteiger partial charge in [-0.15, -0.1) is 0 Å². The summed E-state index contributed by atoms with van der Waals surface area (Å²) in [5.41, 5.74) is 0.923. The Bertz CT molecular complexity index is 403. The number of hydrogen-bond acceptors (Lipinski definition) is 3. The van der Waals surface area contributed by atoms with Crippen LogP contribution in [0.1, 0.15) is 45.3 Å². The van der Waals surface area contributed by atoms with Crippen LogP contribution in [0.3, 0.4) is 0 Å². The maximum absolute atomic E-state index is 10.5. The minimum atomic E-state index is -0.469. The molecule has 0 aromatic heterocycles. The van der Waals surface area contributed by atoms with Crippen LogP contribution in [0.4, 0.5) is 0 Å². The van der Waals surface area contributed by atoms with E-state index >= 15 is 0 Å². The van der Waals surface area contributed by atoms with Crippen LogP contribution in [0.15, 0.2) is 24.3 Å². The van der Waals surface area contributed by atoms with Gasteiger partial charge in [0.05, 0.1) is 18.3 Å². The van der Waals surface area contributed by atoms with Gasteiger partial charge < -0.3 is 14.6 Å². The van der Waals surface area contributed by atoms with Crippen LogP contribution in [-0.2, 0) is 4.74 Å². The molecule has 3 nitrogen and oxygen atoms in total. The maximum Gasteiger partial charge on any atom is 0.120 e. The SMILES string of the molecule is CCC1OCCC1C(O)c1cccc(OC(C)C)c1. The molecule has 0 amide bonds. The smallest absolute Gasteiger partial charge is 0.120 e. The highest BCUT2D eigenvalue weighted by Gasteiger charge is 2.33. The molecule has 19 heavy (non-hydrogen) atoms. The van der Waals surface area contributed by atoms with Crippen molar-refractivity contribution >= 4 is 0 Å². The fourth-order valence-corrected chi connectivity index (χ4v) is 2.74. The zero-order chi connectivity index (χ0) is 13.8. The summed E-state index contributed by atoms with van der Waals surface area (Å²) in [7, 11) is 0. The average Bonchev–Trinajstić information content (AvgIpc) is 2.85. The molecular formula is C16H24O3. The molecule has 106 valence electrons. The molecule has 1 aromatic carbocycles. The standard InChI is InChI=1S/C16H24O3/c1-4-15-14(8-9-18-15)16(17)12-6-5-7-13(10-12)19-11(2)3/h5-7,10-11,14-17H,4,8-9H2,1-3H3. The average molecular weight is 264 g/mol. The van der Waals surface area contributed by atoms with Gasteiger partial charge in [0.25, 0.3) is 0 Å². The number of hydrogen-bond donors (Lipinski definition) is 1. The molecule has 3 heteroatoms. The highest BCUT2D eigenvalue weighted by Crippen LogP contribution is 2.35. The highest BCUT2D eigenvalue weighted by molar-refractivity contribution is 5.30. The van der Waals surface area contributed by atoms with E-state index in [4.69, 9.17) is 9.47 Å². The third kappa shape index (κ3) is 3.48. The second-order valence-corrected chi connectivity index (χ2v) is 5.45. The molecule has 0 aliphatic carbocycles. The van der Waals surface area contributed by atoms with E-state index in [1.165, 1.54) is 0 Å². The van der Waals surface area contributed by atoms with Gasteiger partial charge in [-0.3, -0.25) is 0 Å². The summed E-state index contributed by atoms with van der Waals surface area (Å²) < 4.78 is 11.3. The van der Waals surface area contributed by atoms with E-state index < -0.39 is 6.10 Å². The Hall–Kier alpha value is -1.06. The van der Waals surface area contributed by atoms with Gasteiger partial charge >= 0.3 is 0 Å². The molecule has 0 spiro atoms. The lowest BCUT2D eigenvalue weighted by Gasteiger charge is -2.23. The topological polar surface area (TPSA) is 38.7 Å². The molecule has 1 aliphatic rings. The van der Waals surface area contributed by atoms with Crippen LogP contribution < -0.4 is 4.74 Å². The van der Waals surface area contributed by atoms with Crippen molar-refractivity contribution < 1.29 is 14.6 Å². The predicted octanol–water partition coefficient (Wildman–Crippen LogP) is 3.32. The lowest BCUT2D eigenvalue weighted by atomic mass is 9.89. The minimum absolute atomic E-state index is 0.144. The van der Waals surface area contributed by atoms with E-state index in [0.29, 0.717) is 0 Å². The Morgan fingerprint density at radius 2 is 2.21 bits per heavy atom. The molecule has 1 N–H and O–H groups in total. The third-order valence-electron chi connectivity index (χ3n) is 3.64. The molecular weight excluding hydrogens is 240 g/mol. The van der Waals surface area contributed by atoms with Crippen LogP contribution in [0, 0.1) is 5.92 Å². The second kappa shape index (κ2) is 6.40. The first kappa shape index (κ1) is 14.4. The number of aliphatic hydroxyl groups is 1. The molecule has 2 rings (SSSR count). The van der Waals surface area contributed by atoms with Crippen molar-refractivity contribution in [2.45, 2.75) is 51.9 Å². The van der Waals surface area contributed by atoms with Gasteiger partial charge in [-0.05, 0) is 44.4 Å². The summed E-state index contributed by atoms with van der Waals surface area (Å²) in [6, 6.07) is 7.77. The van der Waals surface area contributed by atoms with Crippen molar-refractivity contribution in [2.75, 3.05) is 6.61 Å². The van der Waals surface area contributed by atoms with Crippen LogP contribution in [0.2, 0.25) is 0 Å². The van der Waals surface area contributed by atoms with E-state index in [9.17, 15) is 5.11 Å². The Labute approximate surface area is 115 Å². The molecule has 1 aromatic rings. The van der Waals surface area contributed by atoms with Gasteiger partial charge in [-0.2, -0.15) is 0 Å². The monoisotopic (exact) mass is 264 g/mol. The molecule has 1 fully saturated rings. The van der Waals surface area contributed by atoms with Gasteiger partial charge in [0, 0.05) is 12.5 Å². The van der Waals surface area contributed by atoms with Crippen molar-refractivity contribution in [2.24, 2.45) is 5.92 Å². The Morgan fingerprint density at radius 1 is 1.42 bits per heavy atom. The van der Waals surface area contributed by atoms with Crippen LogP contribution in [-0.4, -0.2) is 23.9 Å². The number of ether oxygens (including phenoxy) is 2. The van der Waals surface area contributed by atoms with E-state index in [0.717, 1.165) is 30.8 Å². The van der Waals surface area contributed by atoms with Crippen molar-refractivity contribution in [1.82, 2.24) is 0 Å². The normalized spacial score (nSPS) is 24.7. The molecule has 0 radical (unpaired) electrons. The van der Waals surface area contributed by atoms with Crippen molar-refractivity contribution in [3.63, 3.8) is 0 Å². The summed E-state index contributed by atoms with van der Waals surface area (Å²) in [4.78, 5) is 0.